The summed E-state index contributed by atoms with van der Waals surface area (Å²) < 4.78 is 4.96. The minimum absolute atomic E-state index is 0.0802. The number of amides is 1. The lowest BCUT2D eigenvalue weighted by Gasteiger charge is -2.31. The van der Waals surface area contributed by atoms with Crippen molar-refractivity contribution < 1.29 is 14.3 Å². The molecule has 0 aromatic carbocycles. The first-order valence-corrected chi connectivity index (χ1v) is 6.25. The molecule has 96 valence electrons. The van der Waals surface area contributed by atoms with E-state index in [4.69, 9.17) is 4.74 Å². The second-order valence-corrected chi connectivity index (χ2v) is 5.04. The summed E-state index contributed by atoms with van der Waals surface area (Å²) in [7, 11) is 0. The van der Waals surface area contributed by atoms with Gasteiger partial charge < -0.3 is 10.1 Å². The average molecular weight is 248 g/mol. The number of esters is 1. The zero-order valence-electron chi connectivity index (χ0n) is 10.4. The lowest BCUT2D eigenvalue weighted by Crippen LogP contribution is -2.43. The summed E-state index contributed by atoms with van der Waals surface area (Å²) >= 11 is 0. The number of nitrogens with one attached hydrogen (secondary N) is 1. The van der Waals surface area contributed by atoms with Gasteiger partial charge in [-0.05, 0) is 32.9 Å². The SMILES string of the molecule is CC1=C(N2C=CC3(CCNCC3)C2=O)COC1=O. The Bertz CT molecular complexity index is 473. The Hall–Kier alpha value is -1.62. The molecular weight excluding hydrogens is 232 g/mol. The summed E-state index contributed by atoms with van der Waals surface area (Å²) in [6.07, 6.45) is 5.42. The number of carbonyl (C=O) groups is 2. The van der Waals surface area contributed by atoms with E-state index in [1.165, 1.54) is 0 Å². The summed E-state index contributed by atoms with van der Waals surface area (Å²) in [5, 5.41) is 3.26. The standard InChI is InChI=1S/C13H16N2O3/c1-9-10(8-18-11(9)16)15-7-4-13(12(15)17)2-5-14-6-3-13/h4,7,14H,2-3,5-6,8H2,1H3. The molecule has 3 heterocycles. The van der Waals surface area contributed by atoms with Gasteiger partial charge in [0.2, 0.25) is 5.91 Å². The molecule has 0 unspecified atom stereocenters. The van der Waals surface area contributed by atoms with Crippen molar-refractivity contribution in [1.82, 2.24) is 10.2 Å². The quantitative estimate of drug-likeness (QED) is 0.688. The fourth-order valence-electron chi connectivity index (χ4n) is 2.78. The van der Waals surface area contributed by atoms with E-state index in [1.54, 1.807) is 18.0 Å². The maximum absolute atomic E-state index is 12.6. The van der Waals surface area contributed by atoms with Gasteiger partial charge in [0.1, 0.15) is 6.61 Å². The molecule has 1 amide bonds. The first kappa shape index (κ1) is 11.5. The van der Waals surface area contributed by atoms with Crippen LogP contribution in [0.2, 0.25) is 0 Å². The highest BCUT2D eigenvalue weighted by atomic mass is 16.5. The van der Waals surface area contributed by atoms with Gasteiger partial charge in [0, 0.05) is 6.20 Å². The van der Waals surface area contributed by atoms with Gasteiger partial charge in [0.15, 0.2) is 0 Å². The topological polar surface area (TPSA) is 58.6 Å². The van der Waals surface area contributed by atoms with E-state index in [0.29, 0.717) is 11.3 Å². The molecule has 18 heavy (non-hydrogen) atoms. The van der Waals surface area contributed by atoms with Gasteiger partial charge in [-0.15, -0.1) is 0 Å². The van der Waals surface area contributed by atoms with E-state index in [9.17, 15) is 9.59 Å². The highest BCUT2D eigenvalue weighted by Crippen LogP contribution is 2.39. The van der Waals surface area contributed by atoms with Gasteiger partial charge >= 0.3 is 5.97 Å². The van der Waals surface area contributed by atoms with Crippen molar-refractivity contribution >= 4 is 11.9 Å². The highest BCUT2D eigenvalue weighted by Gasteiger charge is 2.45. The van der Waals surface area contributed by atoms with Crippen molar-refractivity contribution in [2.24, 2.45) is 5.41 Å². The van der Waals surface area contributed by atoms with Gasteiger partial charge in [0.05, 0.1) is 16.7 Å². The lowest BCUT2D eigenvalue weighted by molar-refractivity contribution is -0.137. The second kappa shape index (κ2) is 3.95. The molecule has 3 aliphatic rings. The second-order valence-electron chi connectivity index (χ2n) is 5.04. The Morgan fingerprint density at radius 2 is 2.06 bits per heavy atom. The molecule has 0 aromatic rings. The Labute approximate surface area is 105 Å². The number of nitrogens with zero attached hydrogens (tertiary/aromatic N) is 1. The first-order valence-electron chi connectivity index (χ1n) is 6.25. The monoisotopic (exact) mass is 248 g/mol. The minimum atomic E-state index is -0.371. The number of hydrogen-bond donors (Lipinski definition) is 1. The summed E-state index contributed by atoms with van der Waals surface area (Å²) in [6, 6.07) is 0. The van der Waals surface area contributed by atoms with Crippen molar-refractivity contribution in [3.63, 3.8) is 0 Å². The van der Waals surface area contributed by atoms with Gasteiger partial charge in [-0.1, -0.05) is 6.08 Å². The van der Waals surface area contributed by atoms with Crippen LogP contribution in [-0.2, 0) is 14.3 Å². The fraction of sp³-hybridized carbons (Fsp3) is 0.538. The van der Waals surface area contributed by atoms with Crippen LogP contribution in [0.15, 0.2) is 23.5 Å². The zero-order chi connectivity index (χ0) is 12.8. The number of hydrogen-bond acceptors (Lipinski definition) is 4. The lowest BCUT2D eigenvalue weighted by atomic mass is 9.79. The molecule has 0 atom stereocenters. The van der Waals surface area contributed by atoms with Crippen molar-refractivity contribution in [3.05, 3.63) is 23.5 Å². The first-order chi connectivity index (χ1) is 8.64. The summed E-state index contributed by atoms with van der Waals surface area (Å²) in [5.74, 6) is -0.242. The van der Waals surface area contributed by atoms with Gasteiger partial charge in [-0.25, -0.2) is 4.79 Å². The van der Waals surface area contributed by atoms with E-state index in [0.717, 1.165) is 25.9 Å². The molecule has 1 fully saturated rings. The summed E-state index contributed by atoms with van der Waals surface area (Å²) in [6.45, 7) is 3.63. The van der Waals surface area contributed by atoms with Crippen LogP contribution in [0.5, 0.6) is 0 Å². The molecule has 1 saturated heterocycles. The van der Waals surface area contributed by atoms with Crippen LogP contribution in [0.4, 0.5) is 0 Å². The van der Waals surface area contributed by atoms with Crippen LogP contribution < -0.4 is 5.32 Å². The van der Waals surface area contributed by atoms with Gasteiger partial charge in [0.25, 0.3) is 0 Å². The van der Waals surface area contributed by atoms with Gasteiger partial charge in [-0.3, -0.25) is 9.69 Å². The molecule has 5 heteroatoms. The zero-order valence-corrected chi connectivity index (χ0v) is 10.4. The van der Waals surface area contributed by atoms with E-state index in [2.05, 4.69) is 5.32 Å². The summed E-state index contributed by atoms with van der Waals surface area (Å²) in [4.78, 5) is 25.5. The Kier molecular flexibility index (Phi) is 2.52. The maximum atomic E-state index is 12.6. The highest BCUT2D eigenvalue weighted by molar-refractivity contribution is 5.95. The maximum Gasteiger partial charge on any atom is 0.336 e. The fourth-order valence-corrected chi connectivity index (χ4v) is 2.78. The minimum Gasteiger partial charge on any atom is -0.456 e. The van der Waals surface area contributed by atoms with Crippen LogP contribution in [-0.4, -0.2) is 36.5 Å². The Morgan fingerprint density at radius 3 is 2.67 bits per heavy atom. The van der Waals surface area contributed by atoms with Crippen molar-refractivity contribution in [1.29, 1.82) is 0 Å². The van der Waals surface area contributed by atoms with E-state index >= 15 is 0 Å². The van der Waals surface area contributed by atoms with Crippen LogP contribution >= 0.6 is 0 Å². The molecule has 0 aromatic heterocycles. The molecule has 0 radical (unpaired) electrons. The van der Waals surface area contributed by atoms with E-state index in [1.807, 2.05) is 6.08 Å². The molecule has 3 aliphatic heterocycles. The number of cyclic esters (lactones) is 1. The van der Waals surface area contributed by atoms with Crippen LogP contribution in [0, 0.1) is 5.41 Å². The molecule has 1 spiro atoms. The molecule has 0 bridgehead atoms. The van der Waals surface area contributed by atoms with E-state index in [-0.39, 0.29) is 23.9 Å². The third kappa shape index (κ3) is 1.50. The van der Waals surface area contributed by atoms with Crippen LogP contribution in [0.25, 0.3) is 0 Å². The van der Waals surface area contributed by atoms with Crippen LogP contribution in [0.3, 0.4) is 0 Å². The smallest absolute Gasteiger partial charge is 0.336 e. The largest absolute Gasteiger partial charge is 0.456 e. The van der Waals surface area contributed by atoms with Crippen LogP contribution in [0.1, 0.15) is 19.8 Å². The third-order valence-corrected chi connectivity index (χ3v) is 4.05. The predicted octanol–water partition coefficient (Wildman–Crippen LogP) is 0.543. The van der Waals surface area contributed by atoms with Crippen molar-refractivity contribution in [3.8, 4) is 0 Å². The average Bonchev–Trinajstić information content (AvgIpc) is 2.86. The van der Waals surface area contributed by atoms with Crippen molar-refractivity contribution in [2.75, 3.05) is 19.7 Å². The molecule has 5 nitrogen and oxygen atoms in total. The Balaban J connectivity index is 1.88. The predicted molar refractivity (Wildman–Crippen MR) is 64.2 cm³/mol. The number of rotatable bonds is 1. The molecule has 0 aliphatic carbocycles. The third-order valence-electron chi connectivity index (χ3n) is 4.05. The molecule has 0 saturated carbocycles. The molecular formula is C13H16N2O3. The number of carbonyl (C=O) groups excluding carboxylic acids is 2. The number of ether oxygens (including phenoxy) is 1. The van der Waals surface area contributed by atoms with E-state index < -0.39 is 0 Å². The molecule has 3 rings (SSSR count). The number of piperidine rings is 1. The summed E-state index contributed by atoms with van der Waals surface area (Å²) in [5.41, 5.74) is 0.861. The van der Waals surface area contributed by atoms with Gasteiger partial charge in [-0.2, -0.15) is 0 Å². The molecule has 1 N–H and O–H groups in total. The normalized spacial score (nSPS) is 26.4. The Morgan fingerprint density at radius 1 is 1.33 bits per heavy atom. The van der Waals surface area contributed by atoms with Crippen molar-refractivity contribution in [2.45, 2.75) is 19.8 Å².